The normalized spacial score (nSPS) is 34.5. The third kappa shape index (κ3) is 1.99. The summed E-state index contributed by atoms with van der Waals surface area (Å²) in [6.45, 7) is 3.82. The Labute approximate surface area is 86.3 Å². The van der Waals surface area contributed by atoms with Gasteiger partial charge in [0.1, 0.15) is 4.08 Å². The molecule has 0 aromatic carbocycles. The molecule has 1 fully saturated rings. The molecule has 2 atom stereocenters. The summed E-state index contributed by atoms with van der Waals surface area (Å²) in [5.41, 5.74) is 0. The first-order valence-electron chi connectivity index (χ1n) is 4.73. The van der Waals surface area contributed by atoms with Gasteiger partial charge in [0.25, 0.3) is 0 Å². The van der Waals surface area contributed by atoms with Gasteiger partial charge in [0.05, 0.1) is 0 Å². The second kappa shape index (κ2) is 4.60. The molecule has 0 bridgehead atoms. The van der Waals surface area contributed by atoms with E-state index in [1.54, 1.807) is 11.8 Å². The molecule has 0 amide bonds. The van der Waals surface area contributed by atoms with E-state index in [-0.39, 0.29) is 5.78 Å². The Morgan fingerprint density at radius 1 is 1.54 bits per heavy atom. The van der Waals surface area contributed by atoms with Gasteiger partial charge in [-0.25, -0.2) is 0 Å². The predicted molar refractivity (Wildman–Crippen MR) is 58.4 cm³/mol. The monoisotopic (exact) mass is 220 g/mol. The van der Waals surface area contributed by atoms with E-state index in [1.165, 1.54) is 0 Å². The lowest BCUT2D eigenvalue weighted by atomic mass is 10.2. The van der Waals surface area contributed by atoms with E-state index >= 15 is 0 Å². The predicted octanol–water partition coefficient (Wildman–Crippen LogP) is 1.96. The maximum absolute atomic E-state index is 11.8. The molecule has 0 radical (unpaired) electrons. The van der Waals surface area contributed by atoms with Crippen molar-refractivity contribution in [1.29, 1.82) is 0 Å². The summed E-state index contributed by atoms with van der Waals surface area (Å²) in [6, 6.07) is 0. The zero-order chi connectivity index (χ0) is 9.90. The zero-order valence-corrected chi connectivity index (χ0v) is 9.80. The maximum Gasteiger partial charge on any atom is 0.161 e. The standard InChI is InChI=1S/C9H16O2S2/c1-3-8(10)9(4-2)12-6-5-7-13(9)11/h3-7H2,1-2H3/t9-,13-/m1/s1. The molecule has 0 saturated carbocycles. The molecule has 1 rings (SSSR count). The van der Waals surface area contributed by atoms with E-state index in [0.717, 1.165) is 12.2 Å². The molecule has 0 spiro atoms. The summed E-state index contributed by atoms with van der Waals surface area (Å²) >= 11 is 1.60. The molecule has 0 unspecified atom stereocenters. The van der Waals surface area contributed by atoms with E-state index in [4.69, 9.17) is 0 Å². The van der Waals surface area contributed by atoms with Crippen LogP contribution in [0.4, 0.5) is 0 Å². The summed E-state index contributed by atoms with van der Waals surface area (Å²) in [5.74, 6) is 1.84. The second-order valence-electron chi connectivity index (χ2n) is 3.13. The van der Waals surface area contributed by atoms with Crippen LogP contribution in [-0.4, -0.2) is 25.6 Å². The molecule has 13 heavy (non-hydrogen) atoms. The van der Waals surface area contributed by atoms with Crippen molar-refractivity contribution in [3.05, 3.63) is 0 Å². The Morgan fingerprint density at radius 3 is 2.69 bits per heavy atom. The van der Waals surface area contributed by atoms with Gasteiger partial charge in [-0.2, -0.15) is 0 Å². The van der Waals surface area contributed by atoms with Crippen LogP contribution in [0.3, 0.4) is 0 Å². The summed E-state index contributed by atoms with van der Waals surface area (Å²) in [6.07, 6.45) is 2.19. The number of hydrogen-bond acceptors (Lipinski definition) is 3. The zero-order valence-electron chi connectivity index (χ0n) is 8.17. The van der Waals surface area contributed by atoms with Crippen molar-refractivity contribution in [2.45, 2.75) is 37.2 Å². The van der Waals surface area contributed by atoms with Gasteiger partial charge in [0.15, 0.2) is 5.78 Å². The number of hydrogen-bond donors (Lipinski definition) is 0. The van der Waals surface area contributed by atoms with Gasteiger partial charge in [-0.1, -0.05) is 13.8 Å². The van der Waals surface area contributed by atoms with Crippen molar-refractivity contribution < 1.29 is 9.00 Å². The van der Waals surface area contributed by atoms with Crippen LogP contribution >= 0.6 is 11.8 Å². The third-order valence-corrected chi connectivity index (χ3v) is 6.69. The van der Waals surface area contributed by atoms with Crippen LogP contribution < -0.4 is 0 Å². The molecule has 0 aliphatic carbocycles. The van der Waals surface area contributed by atoms with E-state index in [1.807, 2.05) is 13.8 Å². The SMILES string of the molecule is CCC(=O)[C@]1(CC)SCCC[S@]1=O. The molecule has 0 aromatic heterocycles. The fourth-order valence-electron chi connectivity index (χ4n) is 1.59. The lowest BCUT2D eigenvalue weighted by Gasteiger charge is -2.32. The van der Waals surface area contributed by atoms with Crippen LogP contribution in [0, 0.1) is 0 Å². The molecular weight excluding hydrogens is 204 g/mol. The fraction of sp³-hybridized carbons (Fsp3) is 0.889. The summed E-state index contributed by atoms with van der Waals surface area (Å²) < 4.78 is 11.3. The first-order chi connectivity index (χ1) is 6.17. The van der Waals surface area contributed by atoms with E-state index in [2.05, 4.69) is 0 Å². The quantitative estimate of drug-likeness (QED) is 0.729. The lowest BCUT2D eigenvalue weighted by Crippen LogP contribution is -2.43. The maximum atomic E-state index is 11.8. The van der Waals surface area contributed by atoms with Crippen molar-refractivity contribution in [3.63, 3.8) is 0 Å². The van der Waals surface area contributed by atoms with E-state index in [0.29, 0.717) is 18.6 Å². The highest BCUT2D eigenvalue weighted by Crippen LogP contribution is 2.38. The van der Waals surface area contributed by atoms with Crippen molar-refractivity contribution >= 4 is 28.3 Å². The van der Waals surface area contributed by atoms with Crippen LogP contribution in [0.15, 0.2) is 0 Å². The number of carbonyl (C=O) groups excluding carboxylic acids is 1. The van der Waals surface area contributed by atoms with Crippen LogP contribution in [0.25, 0.3) is 0 Å². The Kier molecular flexibility index (Phi) is 3.98. The highest BCUT2D eigenvalue weighted by atomic mass is 32.2. The minimum Gasteiger partial charge on any atom is -0.297 e. The van der Waals surface area contributed by atoms with Gasteiger partial charge in [0.2, 0.25) is 0 Å². The highest BCUT2D eigenvalue weighted by molar-refractivity contribution is 8.14. The summed E-state index contributed by atoms with van der Waals surface area (Å²) in [7, 11) is -0.953. The van der Waals surface area contributed by atoms with Crippen LogP contribution in [0.5, 0.6) is 0 Å². The summed E-state index contributed by atoms with van der Waals surface area (Å²) in [4.78, 5) is 11.7. The van der Waals surface area contributed by atoms with Gasteiger partial charge < -0.3 is 0 Å². The van der Waals surface area contributed by atoms with Crippen molar-refractivity contribution in [2.75, 3.05) is 11.5 Å². The Bertz CT molecular complexity index is 218. The Hall–Kier alpha value is 0.170. The minimum absolute atomic E-state index is 0.165. The molecule has 0 N–H and O–H groups in total. The second-order valence-corrected chi connectivity index (χ2v) is 6.58. The Morgan fingerprint density at radius 2 is 2.23 bits per heavy atom. The number of Topliss-reactive ketones (excluding diaryl/α,β-unsaturated/α-hetero) is 1. The molecule has 76 valence electrons. The highest BCUT2D eigenvalue weighted by Gasteiger charge is 2.43. The Balaban J connectivity index is 2.88. The molecule has 0 aromatic rings. The summed E-state index contributed by atoms with van der Waals surface area (Å²) in [5, 5.41) is 0. The molecule has 1 saturated heterocycles. The molecule has 4 heteroatoms. The largest absolute Gasteiger partial charge is 0.297 e. The third-order valence-electron chi connectivity index (χ3n) is 2.39. The van der Waals surface area contributed by atoms with Gasteiger partial charge in [0, 0.05) is 23.0 Å². The van der Waals surface area contributed by atoms with Crippen LogP contribution in [0.2, 0.25) is 0 Å². The first kappa shape index (κ1) is 11.2. The molecule has 1 aliphatic rings. The van der Waals surface area contributed by atoms with Gasteiger partial charge in [-0.05, 0) is 18.6 Å². The average molecular weight is 220 g/mol. The van der Waals surface area contributed by atoms with Crippen LogP contribution in [0.1, 0.15) is 33.1 Å². The molecule has 1 heterocycles. The lowest BCUT2D eigenvalue weighted by molar-refractivity contribution is -0.119. The smallest absolute Gasteiger partial charge is 0.161 e. The van der Waals surface area contributed by atoms with Gasteiger partial charge in [-0.3, -0.25) is 9.00 Å². The van der Waals surface area contributed by atoms with Crippen molar-refractivity contribution in [1.82, 2.24) is 0 Å². The van der Waals surface area contributed by atoms with Crippen LogP contribution in [-0.2, 0) is 15.6 Å². The van der Waals surface area contributed by atoms with Gasteiger partial charge >= 0.3 is 0 Å². The number of thioether (sulfide) groups is 1. The van der Waals surface area contributed by atoms with Crippen molar-refractivity contribution in [3.8, 4) is 0 Å². The number of ketones is 1. The number of rotatable bonds is 3. The number of carbonyl (C=O) groups is 1. The topological polar surface area (TPSA) is 34.1 Å². The molecule has 1 aliphatic heterocycles. The fourth-order valence-corrected chi connectivity index (χ4v) is 5.39. The van der Waals surface area contributed by atoms with Gasteiger partial charge in [-0.15, -0.1) is 11.8 Å². The first-order valence-corrected chi connectivity index (χ1v) is 7.03. The van der Waals surface area contributed by atoms with Crippen molar-refractivity contribution in [2.24, 2.45) is 0 Å². The molecule has 2 nitrogen and oxygen atoms in total. The average Bonchev–Trinajstić information content (AvgIpc) is 2.18. The van der Waals surface area contributed by atoms with E-state index < -0.39 is 14.9 Å². The van der Waals surface area contributed by atoms with E-state index in [9.17, 15) is 9.00 Å². The minimum atomic E-state index is -0.953. The molecular formula is C9H16O2S2.